The van der Waals surface area contributed by atoms with Crippen LogP contribution in [0.25, 0.3) is 0 Å². The summed E-state index contributed by atoms with van der Waals surface area (Å²) in [5.41, 5.74) is 0. The molecule has 0 heterocycles. The summed E-state index contributed by atoms with van der Waals surface area (Å²) in [6.07, 6.45) is 0.529. The predicted octanol–water partition coefficient (Wildman–Crippen LogP) is 0.532. The van der Waals surface area contributed by atoms with E-state index < -0.39 is 5.97 Å². The maximum Gasteiger partial charge on any atom is 0.355 e. The van der Waals surface area contributed by atoms with Crippen molar-refractivity contribution in [2.75, 3.05) is 6.61 Å². The van der Waals surface area contributed by atoms with Crippen LogP contribution in [0.3, 0.4) is 0 Å². The van der Waals surface area contributed by atoms with Crippen LogP contribution in [-0.4, -0.2) is 12.6 Å². The number of hydrogen-bond acceptors (Lipinski definition) is 2. The summed E-state index contributed by atoms with van der Waals surface area (Å²) in [5, 5.41) is 9.69. The Kier molecular flexibility index (Phi) is 4.26. The van der Waals surface area contributed by atoms with E-state index >= 15 is 0 Å². The number of hydrogen-bond donors (Lipinski definition) is 0. The average molecular weight is 116 g/mol. The number of carbonyl (C=O) groups excluding carboxylic acids is 1. The zero-order valence-corrected chi connectivity index (χ0v) is 4.55. The van der Waals surface area contributed by atoms with E-state index in [-0.39, 0.29) is 6.42 Å². The average Bonchev–Trinajstić information content (AvgIpc) is 1.66. The van der Waals surface area contributed by atoms with E-state index in [0.717, 1.165) is 0 Å². The summed E-state index contributed by atoms with van der Waals surface area (Å²) in [7, 11) is 3.07. The van der Waals surface area contributed by atoms with E-state index in [2.05, 4.69) is 11.8 Å². The lowest BCUT2D eigenvalue weighted by molar-refractivity contribution is -0.143. The van der Waals surface area contributed by atoms with E-state index in [1.807, 2.05) is 0 Å². The van der Waals surface area contributed by atoms with Gasteiger partial charge in [-0.1, -0.05) is 0 Å². The van der Waals surface area contributed by atoms with Crippen LogP contribution in [-0.2, 0) is 14.6 Å². The number of ether oxygens (including phenoxy) is 1. The van der Waals surface area contributed by atoms with Gasteiger partial charge in [0.25, 0.3) is 0 Å². The maximum atomic E-state index is 9.69. The second kappa shape index (κ2) is 4.59. The van der Waals surface area contributed by atoms with Gasteiger partial charge >= 0.3 is 5.97 Å². The van der Waals surface area contributed by atoms with Gasteiger partial charge in [0.05, 0.1) is 13.5 Å². The van der Waals surface area contributed by atoms with Crippen molar-refractivity contribution >= 4 is 5.97 Å². The molecule has 0 unspecified atom stereocenters. The van der Waals surface area contributed by atoms with Crippen molar-refractivity contribution in [3.8, 4) is 0 Å². The van der Waals surface area contributed by atoms with Gasteiger partial charge in [0.2, 0.25) is 0 Å². The highest BCUT2D eigenvalue weighted by atomic mass is 16.5. The normalized spacial score (nSPS) is 9.12. The zero-order valence-electron chi connectivity index (χ0n) is 4.55. The monoisotopic (exact) mass is 116 g/mol. The minimum Gasteiger partial charge on any atom is -0.379 e. The molecule has 46 valence electrons. The van der Waals surface area contributed by atoms with E-state index in [4.69, 9.17) is 0 Å². The van der Waals surface area contributed by atoms with Crippen LogP contribution in [0.1, 0.15) is 12.8 Å². The van der Waals surface area contributed by atoms with Crippen molar-refractivity contribution in [2.24, 2.45) is 0 Å². The molecule has 8 heavy (non-hydrogen) atoms. The second-order valence-corrected chi connectivity index (χ2v) is 1.38. The maximum absolute atomic E-state index is 9.69. The standard InChI is InChI=1S/C5H8O3/c1-8-4-2-3-5(6)7/h1-4H2. The van der Waals surface area contributed by atoms with Crippen LogP contribution >= 0.6 is 0 Å². The molecule has 0 aliphatic carbocycles. The van der Waals surface area contributed by atoms with Gasteiger partial charge in [0.15, 0.2) is 0 Å². The lowest BCUT2D eigenvalue weighted by Crippen LogP contribution is -1.94. The van der Waals surface area contributed by atoms with Gasteiger partial charge in [0, 0.05) is 6.61 Å². The highest BCUT2D eigenvalue weighted by Crippen LogP contribution is 1.88. The van der Waals surface area contributed by atoms with Crippen molar-refractivity contribution in [3.63, 3.8) is 0 Å². The first-order valence-corrected chi connectivity index (χ1v) is 2.34. The molecule has 3 nitrogen and oxygen atoms in total. The molecule has 0 spiro atoms. The van der Waals surface area contributed by atoms with Crippen LogP contribution in [0, 0.1) is 7.11 Å². The molecule has 0 rings (SSSR count). The molecule has 0 aliphatic rings. The van der Waals surface area contributed by atoms with Crippen LogP contribution in [0.15, 0.2) is 0 Å². The van der Waals surface area contributed by atoms with Gasteiger partial charge in [-0.3, -0.25) is 0 Å². The van der Waals surface area contributed by atoms with Gasteiger partial charge < -0.3 is 4.74 Å². The molecule has 0 bridgehead atoms. The Balaban J connectivity index is 2.82. The summed E-state index contributed by atoms with van der Waals surface area (Å²) >= 11 is 0. The molecule has 0 aromatic carbocycles. The minimum absolute atomic E-state index is 0.0511. The topological polar surface area (TPSA) is 46.2 Å². The summed E-state index contributed by atoms with van der Waals surface area (Å²) in [6, 6.07) is 0. The molecule has 3 heteroatoms. The smallest absolute Gasteiger partial charge is 0.355 e. The SMILES string of the molecule is [CH2]OCCCC([O])=O. The van der Waals surface area contributed by atoms with Crippen LogP contribution < -0.4 is 0 Å². The minimum atomic E-state index is -1.04. The lowest BCUT2D eigenvalue weighted by atomic mass is 10.3. The van der Waals surface area contributed by atoms with Gasteiger partial charge in [-0.25, -0.2) is 9.90 Å². The van der Waals surface area contributed by atoms with Crippen LogP contribution in [0.2, 0.25) is 0 Å². The van der Waals surface area contributed by atoms with E-state index in [9.17, 15) is 9.90 Å². The summed E-state index contributed by atoms with van der Waals surface area (Å²) < 4.78 is 4.35. The van der Waals surface area contributed by atoms with E-state index in [1.165, 1.54) is 0 Å². The van der Waals surface area contributed by atoms with Gasteiger partial charge in [-0.15, -0.1) is 0 Å². The molecule has 0 N–H and O–H groups in total. The summed E-state index contributed by atoms with van der Waals surface area (Å²) in [4.78, 5) is 9.69. The van der Waals surface area contributed by atoms with E-state index in [0.29, 0.717) is 13.0 Å². The summed E-state index contributed by atoms with van der Waals surface area (Å²) in [6.45, 7) is 0.383. The summed E-state index contributed by atoms with van der Waals surface area (Å²) in [5.74, 6) is -1.04. The highest BCUT2D eigenvalue weighted by Gasteiger charge is 1.96. The molecule has 0 saturated heterocycles. The largest absolute Gasteiger partial charge is 0.379 e. The highest BCUT2D eigenvalue weighted by molar-refractivity contribution is 5.66. The van der Waals surface area contributed by atoms with Crippen molar-refractivity contribution < 1.29 is 14.6 Å². The third-order valence-corrected chi connectivity index (χ3v) is 0.670. The Morgan fingerprint density at radius 2 is 2.25 bits per heavy atom. The fourth-order valence-corrected chi connectivity index (χ4v) is 0.319. The molecule has 0 atom stereocenters. The molecule has 0 amide bonds. The quantitative estimate of drug-likeness (QED) is 0.503. The molecule has 2 radical (unpaired) electrons. The molecule has 0 aromatic heterocycles. The third-order valence-electron chi connectivity index (χ3n) is 0.670. The first-order valence-electron chi connectivity index (χ1n) is 2.34. The molecule has 0 saturated carbocycles. The molecule has 0 aliphatic heterocycles. The second-order valence-electron chi connectivity index (χ2n) is 1.38. The van der Waals surface area contributed by atoms with Crippen molar-refractivity contribution in [3.05, 3.63) is 7.11 Å². The van der Waals surface area contributed by atoms with E-state index in [1.54, 1.807) is 0 Å². The molecule has 0 fully saturated rings. The fourth-order valence-electron chi connectivity index (χ4n) is 0.319. The van der Waals surface area contributed by atoms with Gasteiger partial charge in [-0.2, -0.15) is 0 Å². The Labute approximate surface area is 48.3 Å². The first-order chi connectivity index (χ1) is 3.77. The van der Waals surface area contributed by atoms with Crippen molar-refractivity contribution in [1.29, 1.82) is 0 Å². The number of carbonyl (C=O) groups is 1. The van der Waals surface area contributed by atoms with Gasteiger partial charge in [0.1, 0.15) is 0 Å². The molecular weight excluding hydrogens is 108 g/mol. The van der Waals surface area contributed by atoms with Crippen molar-refractivity contribution in [2.45, 2.75) is 12.8 Å². The lowest BCUT2D eigenvalue weighted by Gasteiger charge is -1.90. The van der Waals surface area contributed by atoms with Gasteiger partial charge in [-0.05, 0) is 6.42 Å². The van der Waals surface area contributed by atoms with Crippen LogP contribution in [0.4, 0.5) is 0 Å². The Bertz CT molecular complexity index is 70.1. The predicted molar refractivity (Wildman–Crippen MR) is 26.2 cm³/mol. The third kappa shape index (κ3) is 5.43. The van der Waals surface area contributed by atoms with Crippen molar-refractivity contribution in [1.82, 2.24) is 0 Å². The Hall–Kier alpha value is -0.570. The molecular formula is C5H8O3. The zero-order chi connectivity index (χ0) is 6.41. The first kappa shape index (κ1) is 7.43. The fraction of sp³-hybridized carbons (Fsp3) is 0.600. The number of rotatable bonds is 4. The Morgan fingerprint density at radius 3 is 2.62 bits per heavy atom. The molecule has 0 aromatic rings. The van der Waals surface area contributed by atoms with Crippen LogP contribution in [0.5, 0.6) is 0 Å². The Morgan fingerprint density at radius 1 is 1.62 bits per heavy atom.